The Labute approximate surface area is 112 Å². The van der Waals surface area contributed by atoms with Gasteiger partial charge in [-0.2, -0.15) is 0 Å². The Balaban J connectivity index is 1.89. The lowest BCUT2D eigenvalue weighted by molar-refractivity contribution is 0.0930. The highest BCUT2D eigenvalue weighted by atomic mass is 16.5. The maximum Gasteiger partial charge on any atom is 0.251 e. The van der Waals surface area contributed by atoms with Crippen LogP contribution in [0.5, 0.6) is 0 Å². The number of hydrogen-bond acceptors (Lipinski definition) is 3. The highest BCUT2D eigenvalue weighted by molar-refractivity contribution is 5.97. The highest BCUT2D eigenvalue weighted by Crippen LogP contribution is 2.19. The highest BCUT2D eigenvalue weighted by Gasteiger charge is 2.23. The fraction of sp³-hybridized carbons (Fsp3) is 0.429. The fourth-order valence-electron chi connectivity index (χ4n) is 1.64. The molecule has 0 unspecified atom stereocenters. The first-order chi connectivity index (χ1) is 9.20. The summed E-state index contributed by atoms with van der Waals surface area (Å²) in [6.45, 7) is 0.951. The molecular weight excluding hydrogens is 244 g/mol. The zero-order chi connectivity index (χ0) is 13.7. The van der Waals surface area contributed by atoms with Crippen molar-refractivity contribution in [3.8, 4) is 0 Å². The van der Waals surface area contributed by atoms with Gasteiger partial charge in [0.1, 0.15) is 0 Å². The van der Waals surface area contributed by atoms with Gasteiger partial charge in [0.2, 0.25) is 0 Å². The van der Waals surface area contributed by atoms with E-state index in [2.05, 4.69) is 10.6 Å². The van der Waals surface area contributed by atoms with Crippen LogP contribution in [0.15, 0.2) is 24.3 Å². The zero-order valence-electron chi connectivity index (χ0n) is 10.9. The van der Waals surface area contributed by atoms with Crippen molar-refractivity contribution < 1.29 is 14.3 Å². The minimum absolute atomic E-state index is 0.0751. The van der Waals surface area contributed by atoms with Crippen LogP contribution in [0, 0.1) is 0 Å². The Morgan fingerprint density at radius 2 is 1.74 bits per heavy atom. The Morgan fingerprint density at radius 3 is 2.26 bits per heavy atom. The van der Waals surface area contributed by atoms with Crippen LogP contribution >= 0.6 is 0 Å². The minimum Gasteiger partial charge on any atom is -0.383 e. The summed E-state index contributed by atoms with van der Waals surface area (Å²) in [4.78, 5) is 23.5. The molecule has 1 aliphatic carbocycles. The minimum atomic E-state index is -0.161. The van der Waals surface area contributed by atoms with E-state index in [0.29, 0.717) is 30.3 Å². The first-order valence-electron chi connectivity index (χ1n) is 6.39. The third-order valence-corrected chi connectivity index (χ3v) is 2.91. The Kier molecular flexibility index (Phi) is 4.52. The summed E-state index contributed by atoms with van der Waals surface area (Å²) in [7, 11) is 1.58. The Bertz CT molecular complexity index is 452. The van der Waals surface area contributed by atoms with Gasteiger partial charge < -0.3 is 15.4 Å². The molecule has 0 bridgehead atoms. The van der Waals surface area contributed by atoms with Gasteiger partial charge in [-0.15, -0.1) is 0 Å². The summed E-state index contributed by atoms with van der Waals surface area (Å²) in [6, 6.07) is 6.99. The molecule has 0 saturated heterocycles. The van der Waals surface area contributed by atoms with E-state index in [4.69, 9.17) is 4.74 Å². The number of carbonyl (C=O) groups is 2. The molecule has 0 aromatic heterocycles. The molecule has 102 valence electrons. The molecule has 1 aromatic carbocycles. The van der Waals surface area contributed by atoms with Gasteiger partial charge in [0.15, 0.2) is 0 Å². The monoisotopic (exact) mass is 262 g/mol. The Morgan fingerprint density at radius 1 is 1.16 bits per heavy atom. The molecule has 0 heterocycles. The normalized spacial score (nSPS) is 13.9. The number of nitrogens with one attached hydrogen (secondary N) is 2. The number of benzene rings is 1. The van der Waals surface area contributed by atoms with Crippen molar-refractivity contribution in [1.29, 1.82) is 0 Å². The number of methoxy groups -OCH3 is 1. The summed E-state index contributed by atoms with van der Waals surface area (Å²) in [5.41, 5.74) is 1.12. The van der Waals surface area contributed by atoms with Crippen molar-refractivity contribution in [2.24, 2.45) is 0 Å². The van der Waals surface area contributed by atoms with E-state index in [-0.39, 0.29) is 11.8 Å². The molecular formula is C14H18N2O3. The van der Waals surface area contributed by atoms with Crippen molar-refractivity contribution in [1.82, 2.24) is 10.6 Å². The van der Waals surface area contributed by atoms with Crippen molar-refractivity contribution >= 4 is 11.8 Å². The molecule has 5 heteroatoms. The first kappa shape index (κ1) is 13.5. The summed E-state index contributed by atoms with van der Waals surface area (Å²) < 4.78 is 4.85. The van der Waals surface area contributed by atoms with Gasteiger partial charge >= 0.3 is 0 Å². The van der Waals surface area contributed by atoms with E-state index in [9.17, 15) is 9.59 Å². The van der Waals surface area contributed by atoms with Crippen LogP contribution in [0.2, 0.25) is 0 Å². The van der Waals surface area contributed by atoms with Crippen LogP contribution < -0.4 is 10.6 Å². The molecule has 1 fully saturated rings. The topological polar surface area (TPSA) is 67.4 Å². The van der Waals surface area contributed by atoms with Gasteiger partial charge in [0.05, 0.1) is 6.61 Å². The van der Waals surface area contributed by atoms with Gasteiger partial charge in [0, 0.05) is 30.8 Å². The molecule has 2 amide bonds. The predicted octanol–water partition coefficient (Wildman–Crippen LogP) is 0.955. The molecule has 0 radical (unpaired) electrons. The molecule has 5 nitrogen and oxygen atoms in total. The van der Waals surface area contributed by atoms with Gasteiger partial charge in [-0.3, -0.25) is 9.59 Å². The summed E-state index contributed by atoms with van der Waals surface area (Å²) in [5.74, 6) is -0.236. The number of carbonyl (C=O) groups excluding carboxylic acids is 2. The van der Waals surface area contributed by atoms with Gasteiger partial charge in [-0.25, -0.2) is 0 Å². The van der Waals surface area contributed by atoms with Crippen LogP contribution in [0.4, 0.5) is 0 Å². The first-order valence-corrected chi connectivity index (χ1v) is 6.39. The quantitative estimate of drug-likeness (QED) is 0.750. The molecule has 2 N–H and O–H groups in total. The van der Waals surface area contributed by atoms with Crippen LogP contribution in [0.1, 0.15) is 33.6 Å². The van der Waals surface area contributed by atoms with Gasteiger partial charge in [-0.1, -0.05) is 0 Å². The van der Waals surface area contributed by atoms with E-state index in [0.717, 1.165) is 12.8 Å². The lowest BCUT2D eigenvalue weighted by Crippen LogP contribution is -2.27. The van der Waals surface area contributed by atoms with Crippen LogP contribution in [-0.2, 0) is 4.74 Å². The average Bonchev–Trinajstić information content (AvgIpc) is 3.23. The van der Waals surface area contributed by atoms with Crippen molar-refractivity contribution in [3.63, 3.8) is 0 Å². The van der Waals surface area contributed by atoms with E-state index in [1.807, 2.05) is 0 Å². The van der Waals surface area contributed by atoms with Gasteiger partial charge in [0.25, 0.3) is 11.8 Å². The second-order valence-electron chi connectivity index (χ2n) is 4.57. The predicted molar refractivity (Wildman–Crippen MR) is 71.1 cm³/mol. The molecule has 19 heavy (non-hydrogen) atoms. The number of amides is 2. The SMILES string of the molecule is COCCNC(=O)c1ccc(C(=O)NC2CC2)cc1. The maximum absolute atomic E-state index is 11.8. The van der Waals surface area contributed by atoms with E-state index >= 15 is 0 Å². The summed E-state index contributed by atoms with van der Waals surface area (Å²) >= 11 is 0. The Hall–Kier alpha value is -1.88. The number of hydrogen-bond donors (Lipinski definition) is 2. The number of rotatable bonds is 6. The average molecular weight is 262 g/mol. The molecule has 2 rings (SSSR count). The molecule has 0 aliphatic heterocycles. The summed E-state index contributed by atoms with van der Waals surface area (Å²) in [6.07, 6.45) is 2.12. The molecule has 0 spiro atoms. The molecule has 1 aromatic rings. The zero-order valence-corrected chi connectivity index (χ0v) is 10.9. The standard InChI is InChI=1S/C14H18N2O3/c1-19-9-8-15-13(17)10-2-4-11(5-3-10)14(18)16-12-6-7-12/h2-5,12H,6-9H2,1H3,(H,15,17)(H,16,18). The van der Waals surface area contributed by atoms with Crippen molar-refractivity contribution in [3.05, 3.63) is 35.4 Å². The van der Waals surface area contributed by atoms with E-state index < -0.39 is 0 Å². The van der Waals surface area contributed by atoms with Crippen LogP contribution in [-0.4, -0.2) is 38.1 Å². The smallest absolute Gasteiger partial charge is 0.251 e. The molecule has 0 atom stereocenters. The van der Waals surface area contributed by atoms with Gasteiger partial charge in [-0.05, 0) is 37.1 Å². The molecule has 1 aliphatic rings. The molecule has 1 saturated carbocycles. The third kappa shape index (κ3) is 4.06. The fourth-order valence-corrected chi connectivity index (χ4v) is 1.64. The largest absolute Gasteiger partial charge is 0.383 e. The second-order valence-corrected chi connectivity index (χ2v) is 4.57. The van der Waals surface area contributed by atoms with Crippen molar-refractivity contribution in [2.45, 2.75) is 18.9 Å². The number of ether oxygens (including phenoxy) is 1. The lowest BCUT2D eigenvalue weighted by atomic mass is 10.1. The van der Waals surface area contributed by atoms with E-state index in [1.165, 1.54) is 0 Å². The summed E-state index contributed by atoms with van der Waals surface area (Å²) in [5, 5.41) is 5.63. The third-order valence-electron chi connectivity index (χ3n) is 2.91. The van der Waals surface area contributed by atoms with Crippen LogP contribution in [0.3, 0.4) is 0 Å². The maximum atomic E-state index is 11.8. The van der Waals surface area contributed by atoms with E-state index in [1.54, 1.807) is 31.4 Å². The lowest BCUT2D eigenvalue weighted by Gasteiger charge is -2.06. The van der Waals surface area contributed by atoms with Crippen molar-refractivity contribution in [2.75, 3.05) is 20.3 Å². The second kappa shape index (κ2) is 6.33. The van der Waals surface area contributed by atoms with Crippen LogP contribution in [0.25, 0.3) is 0 Å².